The van der Waals surface area contributed by atoms with E-state index in [2.05, 4.69) is 5.32 Å². The first-order valence-electron chi connectivity index (χ1n) is 9.29. The number of carbonyl (C=O) groups is 2. The van der Waals surface area contributed by atoms with Crippen molar-refractivity contribution < 1.29 is 9.59 Å². The minimum absolute atomic E-state index is 0.0214. The molecule has 0 aliphatic heterocycles. The number of nitrogens with zero attached hydrogens (tertiary/aromatic N) is 1. The van der Waals surface area contributed by atoms with Gasteiger partial charge in [-0.15, -0.1) is 0 Å². The molecule has 5 heteroatoms. The van der Waals surface area contributed by atoms with Gasteiger partial charge in [-0.25, -0.2) is 0 Å². The van der Waals surface area contributed by atoms with Gasteiger partial charge in [0, 0.05) is 17.6 Å². The molecule has 0 aliphatic carbocycles. The highest BCUT2D eigenvalue weighted by molar-refractivity contribution is 6.30. The van der Waals surface area contributed by atoms with Crippen molar-refractivity contribution in [2.75, 3.05) is 0 Å². The van der Waals surface area contributed by atoms with Crippen LogP contribution in [-0.2, 0) is 22.6 Å². The molecule has 0 radical (unpaired) electrons. The van der Waals surface area contributed by atoms with Gasteiger partial charge in [-0.1, -0.05) is 61.0 Å². The van der Waals surface area contributed by atoms with E-state index in [-0.39, 0.29) is 24.3 Å². The number of benzene rings is 2. The predicted octanol–water partition coefficient (Wildman–Crippen LogP) is 4.21. The molecule has 144 valence electrons. The summed E-state index contributed by atoms with van der Waals surface area (Å²) in [6.07, 6.45) is 0.755. The quantitative estimate of drug-likeness (QED) is 0.738. The zero-order valence-electron chi connectivity index (χ0n) is 16.1. The smallest absolute Gasteiger partial charge is 0.243 e. The maximum absolute atomic E-state index is 13.1. The zero-order chi connectivity index (χ0) is 19.8. The third-order valence-electron chi connectivity index (χ3n) is 4.26. The van der Waals surface area contributed by atoms with Crippen molar-refractivity contribution >= 4 is 23.4 Å². The molecule has 0 saturated heterocycles. The Kier molecular flexibility index (Phi) is 7.86. The summed E-state index contributed by atoms with van der Waals surface area (Å²) in [5.41, 5.74) is 1.83. The van der Waals surface area contributed by atoms with E-state index in [0.29, 0.717) is 18.0 Å². The molecule has 0 aromatic heterocycles. The number of carbonyl (C=O) groups excluding carboxylic acids is 2. The van der Waals surface area contributed by atoms with E-state index in [1.807, 2.05) is 63.2 Å². The van der Waals surface area contributed by atoms with Crippen LogP contribution in [0.2, 0.25) is 5.02 Å². The van der Waals surface area contributed by atoms with Crippen LogP contribution in [0.5, 0.6) is 0 Å². The highest BCUT2D eigenvalue weighted by Crippen LogP contribution is 2.16. The first-order chi connectivity index (χ1) is 12.9. The van der Waals surface area contributed by atoms with Crippen LogP contribution in [0.4, 0.5) is 0 Å². The van der Waals surface area contributed by atoms with Gasteiger partial charge in [-0.2, -0.15) is 0 Å². The Morgan fingerprint density at radius 3 is 2.30 bits per heavy atom. The molecule has 2 amide bonds. The average Bonchev–Trinajstić information content (AvgIpc) is 2.61. The Balaban J connectivity index is 2.26. The third-order valence-corrected chi connectivity index (χ3v) is 4.49. The van der Waals surface area contributed by atoms with Crippen LogP contribution in [0.25, 0.3) is 0 Å². The highest BCUT2D eigenvalue weighted by Gasteiger charge is 2.28. The monoisotopic (exact) mass is 386 g/mol. The summed E-state index contributed by atoms with van der Waals surface area (Å²) in [5, 5.41) is 3.53. The predicted molar refractivity (Wildman–Crippen MR) is 110 cm³/mol. The molecule has 2 rings (SSSR count). The Labute approximate surface area is 166 Å². The van der Waals surface area contributed by atoms with Crippen molar-refractivity contribution in [3.05, 3.63) is 70.7 Å². The van der Waals surface area contributed by atoms with Crippen molar-refractivity contribution in [2.24, 2.45) is 0 Å². The van der Waals surface area contributed by atoms with E-state index in [1.54, 1.807) is 17.0 Å². The van der Waals surface area contributed by atoms with Crippen LogP contribution in [0.15, 0.2) is 54.6 Å². The molecule has 0 saturated carbocycles. The summed E-state index contributed by atoms with van der Waals surface area (Å²) in [7, 11) is 0. The highest BCUT2D eigenvalue weighted by atomic mass is 35.5. The molecule has 27 heavy (non-hydrogen) atoms. The first kappa shape index (κ1) is 21.0. The molecule has 1 N–H and O–H groups in total. The van der Waals surface area contributed by atoms with Gasteiger partial charge < -0.3 is 10.2 Å². The molecule has 1 atom stereocenters. The average molecular weight is 387 g/mol. The van der Waals surface area contributed by atoms with Crippen LogP contribution in [0.1, 0.15) is 38.3 Å². The molecule has 2 aromatic carbocycles. The summed E-state index contributed by atoms with van der Waals surface area (Å²) in [5.74, 6) is -0.213. The van der Waals surface area contributed by atoms with E-state index in [0.717, 1.165) is 11.1 Å². The van der Waals surface area contributed by atoms with Gasteiger partial charge in [-0.3, -0.25) is 9.59 Å². The van der Waals surface area contributed by atoms with E-state index >= 15 is 0 Å². The van der Waals surface area contributed by atoms with Gasteiger partial charge in [0.05, 0.1) is 6.42 Å². The normalized spacial score (nSPS) is 11.9. The van der Waals surface area contributed by atoms with Crippen molar-refractivity contribution in [2.45, 2.75) is 52.2 Å². The van der Waals surface area contributed by atoms with Gasteiger partial charge >= 0.3 is 0 Å². The fraction of sp³-hybridized carbons (Fsp3) is 0.364. The standard InChI is InChI=1S/C22H27ClN2O2/c1-4-20(22(27)24-16(2)3)25(15-17-9-6-5-7-10-17)21(26)14-18-11-8-12-19(23)13-18/h5-13,16,20H,4,14-15H2,1-3H3,(H,24,27)/t20-/m1/s1. The number of halogens is 1. The summed E-state index contributed by atoms with van der Waals surface area (Å²) in [6, 6.07) is 16.5. The van der Waals surface area contributed by atoms with Crippen LogP contribution in [0.3, 0.4) is 0 Å². The Morgan fingerprint density at radius 1 is 1.04 bits per heavy atom. The molecule has 0 aliphatic rings. The molecule has 0 spiro atoms. The van der Waals surface area contributed by atoms with Gasteiger partial charge in [0.1, 0.15) is 6.04 Å². The Hall–Kier alpha value is -2.33. The van der Waals surface area contributed by atoms with Crippen LogP contribution < -0.4 is 5.32 Å². The van der Waals surface area contributed by atoms with Crippen molar-refractivity contribution in [3.63, 3.8) is 0 Å². The van der Waals surface area contributed by atoms with E-state index in [9.17, 15) is 9.59 Å². The second-order valence-electron chi connectivity index (χ2n) is 6.90. The molecule has 0 bridgehead atoms. The maximum atomic E-state index is 13.1. The van der Waals surface area contributed by atoms with E-state index in [4.69, 9.17) is 11.6 Å². The first-order valence-corrected chi connectivity index (χ1v) is 9.66. The fourth-order valence-electron chi connectivity index (χ4n) is 3.00. The molecule has 0 unspecified atom stereocenters. The van der Waals surface area contributed by atoms with Crippen LogP contribution in [-0.4, -0.2) is 28.8 Å². The lowest BCUT2D eigenvalue weighted by molar-refractivity contribution is -0.141. The SMILES string of the molecule is CC[C@H](C(=O)NC(C)C)N(Cc1ccccc1)C(=O)Cc1cccc(Cl)c1. The minimum Gasteiger partial charge on any atom is -0.352 e. The van der Waals surface area contributed by atoms with Crippen molar-refractivity contribution in [1.29, 1.82) is 0 Å². The van der Waals surface area contributed by atoms with Crippen LogP contribution in [0, 0.1) is 0 Å². The Bertz CT molecular complexity index is 762. The fourth-order valence-corrected chi connectivity index (χ4v) is 3.22. The van der Waals surface area contributed by atoms with Gasteiger partial charge in [0.25, 0.3) is 0 Å². The molecule has 4 nitrogen and oxygen atoms in total. The molecular weight excluding hydrogens is 360 g/mol. The second-order valence-corrected chi connectivity index (χ2v) is 7.34. The van der Waals surface area contributed by atoms with Crippen molar-refractivity contribution in [1.82, 2.24) is 10.2 Å². The number of hydrogen-bond donors (Lipinski definition) is 1. The molecule has 0 fully saturated rings. The molecule has 0 heterocycles. The maximum Gasteiger partial charge on any atom is 0.243 e. The lowest BCUT2D eigenvalue weighted by Crippen LogP contribution is -2.50. The largest absolute Gasteiger partial charge is 0.352 e. The number of hydrogen-bond acceptors (Lipinski definition) is 2. The van der Waals surface area contributed by atoms with E-state index in [1.165, 1.54) is 0 Å². The minimum atomic E-state index is -0.515. The summed E-state index contributed by atoms with van der Waals surface area (Å²) in [6.45, 7) is 6.15. The summed E-state index contributed by atoms with van der Waals surface area (Å²) in [4.78, 5) is 27.5. The van der Waals surface area contributed by atoms with Gasteiger partial charge in [0.2, 0.25) is 11.8 Å². The molecular formula is C22H27ClN2O2. The number of nitrogens with one attached hydrogen (secondary N) is 1. The Morgan fingerprint density at radius 2 is 1.70 bits per heavy atom. The van der Waals surface area contributed by atoms with Gasteiger partial charge in [-0.05, 0) is 43.5 Å². The lowest BCUT2D eigenvalue weighted by atomic mass is 10.1. The summed E-state index contributed by atoms with van der Waals surface area (Å²) >= 11 is 6.05. The number of rotatable bonds is 8. The molecule has 2 aromatic rings. The topological polar surface area (TPSA) is 49.4 Å². The third kappa shape index (κ3) is 6.40. The van der Waals surface area contributed by atoms with Crippen molar-refractivity contribution in [3.8, 4) is 0 Å². The van der Waals surface area contributed by atoms with Gasteiger partial charge in [0.15, 0.2) is 0 Å². The van der Waals surface area contributed by atoms with E-state index < -0.39 is 6.04 Å². The lowest BCUT2D eigenvalue weighted by Gasteiger charge is -2.31. The second kappa shape index (κ2) is 10.1. The summed E-state index contributed by atoms with van der Waals surface area (Å²) < 4.78 is 0. The number of amides is 2. The van der Waals surface area contributed by atoms with Crippen LogP contribution >= 0.6 is 11.6 Å². The zero-order valence-corrected chi connectivity index (χ0v) is 16.9.